The molecule has 0 saturated carbocycles. The average molecular weight is 296 g/mol. The number of aromatic nitrogens is 3. The summed E-state index contributed by atoms with van der Waals surface area (Å²) in [6, 6.07) is 1.52. The van der Waals surface area contributed by atoms with Gasteiger partial charge >= 0.3 is 0 Å². The number of hydrogen-bond acceptors (Lipinski definition) is 6. The number of nitrogens with zero attached hydrogens (tertiary/aromatic N) is 4. The van der Waals surface area contributed by atoms with Crippen molar-refractivity contribution in [3.63, 3.8) is 0 Å². The Morgan fingerprint density at radius 2 is 2.15 bits per heavy atom. The van der Waals surface area contributed by atoms with Gasteiger partial charge in [-0.15, -0.1) is 5.10 Å². The summed E-state index contributed by atoms with van der Waals surface area (Å²) in [5.74, 6) is 0. The van der Waals surface area contributed by atoms with E-state index in [9.17, 15) is 9.90 Å². The summed E-state index contributed by atoms with van der Waals surface area (Å²) in [7, 11) is 0. The lowest BCUT2D eigenvalue weighted by atomic mass is 10.1. The van der Waals surface area contributed by atoms with Crippen molar-refractivity contribution in [1.82, 2.24) is 14.6 Å². The third-order valence-electron chi connectivity index (χ3n) is 2.88. The summed E-state index contributed by atoms with van der Waals surface area (Å²) in [6.07, 6.45) is 0.722. The molecule has 2 aromatic heterocycles. The SMILES string of the molecule is CCc1cc(=O)n2nc(N(CC)CC(C)(C)O)sc2n1. The highest BCUT2D eigenvalue weighted by molar-refractivity contribution is 7.20. The zero-order chi connectivity index (χ0) is 14.9. The van der Waals surface area contributed by atoms with E-state index in [0.717, 1.165) is 12.1 Å². The molecule has 0 aliphatic rings. The van der Waals surface area contributed by atoms with Crippen molar-refractivity contribution in [3.8, 4) is 0 Å². The molecule has 6 nitrogen and oxygen atoms in total. The molecule has 2 heterocycles. The van der Waals surface area contributed by atoms with Crippen LogP contribution in [-0.2, 0) is 6.42 Å². The number of hydrogen-bond donors (Lipinski definition) is 1. The van der Waals surface area contributed by atoms with Crippen LogP contribution in [0.4, 0.5) is 5.13 Å². The smallest absolute Gasteiger partial charge is 0.275 e. The molecule has 0 aliphatic carbocycles. The maximum atomic E-state index is 12.0. The van der Waals surface area contributed by atoms with Crippen LogP contribution in [0.5, 0.6) is 0 Å². The van der Waals surface area contributed by atoms with Crippen molar-refractivity contribution in [1.29, 1.82) is 0 Å². The normalized spacial score (nSPS) is 12.1. The summed E-state index contributed by atoms with van der Waals surface area (Å²) >= 11 is 1.37. The highest BCUT2D eigenvalue weighted by Crippen LogP contribution is 2.22. The lowest BCUT2D eigenvalue weighted by Gasteiger charge is -2.27. The fourth-order valence-electron chi connectivity index (χ4n) is 1.94. The van der Waals surface area contributed by atoms with Crippen molar-refractivity contribution in [3.05, 3.63) is 22.1 Å². The van der Waals surface area contributed by atoms with Crippen LogP contribution in [0, 0.1) is 0 Å². The Morgan fingerprint density at radius 3 is 2.70 bits per heavy atom. The van der Waals surface area contributed by atoms with Gasteiger partial charge in [0, 0.05) is 24.8 Å². The lowest BCUT2D eigenvalue weighted by molar-refractivity contribution is 0.0875. The van der Waals surface area contributed by atoms with Crippen molar-refractivity contribution >= 4 is 21.4 Å². The molecule has 2 aromatic rings. The zero-order valence-electron chi connectivity index (χ0n) is 12.3. The number of fused-ring (bicyclic) bond motifs is 1. The van der Waals surface area contributed by atoms with Gasteiger partial charge in [0.25, 0.3) is 5.56 Å². The van der Waals surface area contributed by atoms with Gasteiger partial charge in [0.15, 0.2) is 0 Å². The quantitative estimate of drug-likeness (QED) is 0.901. The summed E-state index contributed by atoms with van der Waals surface area (Å²) in [6.45, 7) is 8.63. The van der Waals surface area contributed by atoms with Crippen LogP contribution >= 0.6 is 11.3 Å². The molecule has 0 radical (unpaired) electrons. The van der Waals surface area contributed by atoms with Crippen LogP contribution in [0.3, 0.4) is 0 Å². The molecule has 0 bridgehead atoms. The molecule has 0 saturated heterocycles. The Morgan fingerprint density at radius 1 is 1.45 bits per heavy atom. The first-order valence-corrected chi connectivity index (χ1v) is 7.53. The van der Waals surface area contributed by atoms with Crippen LogP contribution in [0.25, 0.3) is 4.96 Å². The molecular formula is C13H20N4O2S. The number of likely N-dealkylation sites (N-methyl/N-ethyl adjacent to an activating group) is 1. The Balaban J connectivity index is 2.45. The van der Waals surface area contributed by atoms with E-state index < -0.39 is 5.60 Å². The maximum absolute atomic E-state index is 12.0. The highest BCUT2D eigenvalue weighted by atomic mass is 32.1. The minimum absolute atomic E-state index is 0.159. The van der Waals surface area contributed by atoms with E-state index in [1.165, 1.54) is 21.9 Å². The van der Waals surface area contributed by atoms with Crippen molar-refractivity contribution in [2.75, 3.05) is 18.0 Å². The average Bonchev–Trinajstić information content (AvgIpc) is 2.79. The highest BCUT2D eigenvalue weighted by Gasteiger charge is 2.21. The molecule has 1 N–H and O–H groups in total. The van der Waals surface area contributed by atoms with E-state index in [1.54, 1.807) is 13.8 Å². The van der Waals surface area contributed by atoms with Crippen molar-refractivity contribution in [2.24, 2.45) is 0 Å². The van der Waals surface area contributed by atoms with Crippen LogP contribution in [0.1, 0.15) is 33.4 Å². The zero-order valence-corrected chi connectivity index (χ0v) is 13.1. The van der Waals surface area contributed by atoms with Gasteiger partial charge in [0.1, 0.15) is 0 Å². The topological polar surface area (TPSA) is 70.7 Å². The largest absolute Gasteiger partial charge is 0.389 e. The molecule has 7 heteroatoms. The van der Waals surface area contributed by atoms with E-state index >= 15 is 0 Å². The Bertz CT molecular complexity index is 656. The first-order valence-electron chi connectivity index (χ1n) is 6.71. The van der Waals surface area contributed by atoms with Gasteiger partial charge in [0.05, 0.1) is 5.60 Å². The van der Waals surface area contributed by atoms with Crippen LogP contribution in [0.2, 0.25) is 0 Å². The number of rotatable bonds is 5. The Labute approximate surface area is 121 Å². The van der Waals surface area contributed by atoms with Gasteiger partial charge in [-0.05, 0) is 27.2 Å². The van der Waals surface area contributed by atoms with Gasteiger partial charge < -0.3 is 10.0 Å². The molecule has 0 aromatic carbocycles. The van der Waals surface area contributed by atoms with Crippen LogP contribution in [0.15, 0.2) is 10.9 Å². The molecule has 0 spiro atoms. The van der Waals surface area contributed by atoms with Crippen molar-refractivity contribution < 1.29 is 5.11 Å². The molecule has 0 unspecified atom stereocenters. The fraction of sp³-hybridized carbons (Fsp3) is 0.615. The maximum Gasteiger partial charge on any atom is 0.275 e. The first-order chi connectivity index (χ1) is 9.34. The van der Waals surface area contributed by atoms with Gasteiger partial charge in [-0.1, -0.05) is 18.3 Å². The predicted octanol–water partition coefficient (Wildman–Crippen LogP) is 1.31. The van der Waals surface area contributed by atoms with Crippen LogP contribution < -0.4 is 10.5 Å². The second-order valence-corrected chi connectivity index (χ2v) is 6.28. The monoisotopic (exact) mass is 296 g/mol. The van der Waals surface area contributed by atoms with Crippen LogP contribution in [-0.4, -0.2) is 38.4 Å². The van der Waals surface area contributed by atoms with Gasteiger partial charge in [0.2, 0.25) is 10.1 Å². The van der Waals surface area contributed by atoms with Gasteiger partial charge in [-0.25, -0.2) is 4.98 Å². The lowest BCUT2D eigenvalue weighted by Crippen LogP contribution is -2.38. The van der Waals surface area contributed by atoms with E-state index in [1.807, 2.05) is 18.7 Å². The second-order valence-electron chi connectivity index (χ2n) is 5.34. The third kappa shape index (κ3) is 3.16. The summed E-state index contributed by atoms with van der Waals surface area (Å²) in [5, 5.41) is 15.0. The summed E-state index contributed by atoms with van der Waals surface area (Å²) < 4.78 is 1.33. The molecule has 20 heavy (non-hydrogen) atoms. The molecule has 0 fully saturated rings. The summed E-state index contributed by atoms with van der Waals surface area (Å²) in [4.78, 5) is 18.9. The molecule has 110 valence electrons. The first kappa shape index (κ1) is 14.9. The molecule has 2 rings (SSSR count). The Hall–Kier alpha value is -1.47. The number of aliphatic hydroxyl groups is 1. The van der Waals surface area contributed by atoms with E-state index in [-0.39, 0.29) is 5.56 Å². The fourth-order valence-corrected chi connectivity index (χ4v) is 2.93. The number of aryl methyl sites for hydroxylation is 1. The second kappa shape index (κ2) is 5.49. The predicted molar refractivity (Wildman–Crippen MR) is 80.7 cm³/mol. The standard InChI is InChI=1S/C13H20N4O2S/c1-5-9-7-10(18)17-11(14-9)20-12(15-17)16(6-2)8-13(3,4)19/h7,19H,5-6,8H2,1-4H3. The van der Waals surface area contributed by atoms with Gasteiger partial charge in [-0.3, -0.25) is 4.79 Å². The van der Waals surface area contributed by atoms with E-state index in [2.05, 4.69) is 10.1 Å². The Kier molecular flexibility index (Phi) is 4.10. The minimum Gasteiger partial charge on any atom is -0.389 e. The number of anilines is 1. The third-order valence-corrected chi connectivity index (χ3v) is 3.85. The molecule has 0 aliphatic heterocycles. The molecular weight excluding hydrogens is 276 g/mol. The molecule has 0 amide bonds. The van der Waals surface area contributed by atoms with Crippen molar-refractivity contribution in [2.45, 2.75) is 39.7 Å². The summed E-state index contributed by atoms with van der Waals surface area (Å²) in [5.41, 5.74) is -0.203. The minimum atomic E-state index is -0.819. The van der Waals surface area contributed by atoms with E-state index in [0.29, 0.717) is 23.2 Å². The molecule has 0 atom stereocenters. The van der Waals surface area contributed by atoms with Gasteiger partial charge in [-0.2, -0.15) is 4.52 Å². The van der Waals surface area contributed by atoms with E-state index in [4.69, 9.17) is 0 Å².